The van der Waals surface area contributed by atoms with Gasteiger partial charge in [-0.1, -0.05) is 6.07 Å². The van der Waals surface area contributed by atoms with Crippen molar-refractivity contribution in [1.29, 1.82) is 0 Å². The van der Waals surface area contributed by atoms with Crippen LogP contribution >= 0.6 is 0 Å². The van der Waals surface area contributed by atoms with Gasteiger partial charge in [-0.05, 0) is 25.0 Å². The van der Waals surface area contributed by atoms with Gasteiger partial charge in [0.2, 0.25) is 0 Å². The minimum Gasteiger partial charge on any atom is -0.486 e. The summed E-state index contributed by atoms with van der Waals surface area (Å²) in [6, 6.07) is 4.98. The van der Waals surface area contributed by atoms with Crippen LogP contribution in [0.3, 0.4) is 0 Å². The Labute approximate surface area is 143 Å². The fourth-order valence-electron chi connectivity index (χ4n) is 3.17. The Morgan fingerprint density at radius 3 is 2.76 bits per heavy atom. The van der Waals surface area contributed by atoms with Crippen molar-refractivity contribution in [3.63, 3.8) is 0 Å². The first kappa shape index (κ1) is 15.9. The smallest absolute Gasteiger partial charge is 0.284 e. The third kappa shape index (κ3) is 2.72. The molecule has 4 rings (SSSR count). The normalized spacial score (nSPS) is 17.5. The van der Waals surface area contributed by atoms with Gasteiger partial charge >= 0.3 is 0 Å². The van der Waals surface area contributed by atoms with E-state index in [1.807, 2.05) is 0 Å². The number of nitrogens with zero attached hydrogens (tertiary/aromatic N) is 2. The van der Waals surface area contributed by atoms with Crippen LogP contribution in [-0.4, -0.2) is 42.1 Å². The monoisotopic (exact) mass is 347 g/mol. The lowest BCUT2D eigenvalue weighted by atomic mass is 9.96. The highest BCUT2D eigenvalue weighted by Crippen LogP contribution is 2.35. The summed E-state index contributed by atoms with van der Waals surface area (Å²) in [4.78, 5) is 12.9. The zero-order valence-electron chi connectivity index (χ0n) is 13.5. The fraction of sp³-hybridized carbons (Fsp3) is 0.412. The number of para-hydroxylation sites is 1. The van der Waals surface area contributed by atoms with E-state index in [1.54, 1.807) is 18.2 Å². The number of rotatable bonds is 2. The highest BCUT2D eigenvalue weighted by molar-refractivity contribution is 6.00. The second kappa shape index (κ2) is 6.36. The molecule has 1 aromatic heterocycles. The number of fused-ring (bicyclic) bond motifs is 1. The molecule has 132 valence electrons. The first-order valence-corrected chi connectivity index (χ1v) is 8.21. The number of carbonyl (C=O) groups excluding carboxylic acids is 1. The third-order valence-electron chi connectivity index (χ3n) is 4.48. The Balaban J connectivity index is 1.71. The van der Waals surface area contributed by atoms with Crippen LogP contribution < -0.4 is 15.2 Å². The van der Waals surface area contributed by atoms with Gasteiger partial charge in [-0.15, -0.1) is 0 Å². The number of benzene rings is 1. The second-order valence-corrected chi connectivity index (χ2v) is 6.02. The molecule has 1 aromatic carbocycles. The van der Waals surface area contributed by atoms with Gasteiger partial charge < -0.3 is 19.9 Å². The van der Waals surface area contributed by atoms with Crippen LogP contribution in [0.4, 0.5) is 10.2 Å². The quantitative estimate of drug-likeness (QED) is 0.893. The number of nitrogen functional groups attached to an aromatic ring is 1. The van der Waals surface area contributed by atoms with Crippen LogP contribution in [0.2, 0.25) is 0 Å². The molecule has 0 aliphatic carbocycles. The number of nitrogens with two attached hydrogens (primary N) is 1. The topological polar surface area (TPSA) is 88.6 Å². The van der Waals surface area contributed by atoms with E-state index >= 15 is 0 Å². The van der Waals surface area contributed by atoms with E-state index < -0.39 is 11.7 Å². The SMILES string of the molecule is Nc1c(F)c(C2CCOCC2)nn1C(=O)c1cccc2c1OCCO2. The lowest BCUT2D eigenvalue weighted by molar-refractivity contribution is 0.0834. The van der Waals surface area contributed by atoms with E-state index in [2.05, 4.69) is 5.10 Å². The van der Waals surface area contributed by atoms with E-state index in [0.29, 0.717) is 50.8 Å². The van der Waals surface area contributed by atoms with E-state index in [-0.39, 0.29) is 23.0 Å². The maximum atomic E-state index is 14.6. The molecular formula is C17H18FN3O4. The summed E-state index contributed by atoms with van der Waals surface area (Å²) >= 11 is 0. The number of ether oxygens (including phenoxy) is 3. The zero-order valence-corrected chi connectivity index (χ0v) is 13.5. The van der Waals surface area contributed by atoms with E-state index in [4.69, 9.17) is 19.9 Å². The number of hydrogen-bond acceptors (Lipinski definition) is 6. The summed E-state index contributed by atoms with van der Waals surface area (Å²) in [7, 11) is 0. The van der Waals surface area contributed by atoms with Gasteiger partial charge in [-0.2, -0.15) is 9.78 Å². The molecule has 0 spiro atoms. The summed E-state index contributed by atoms with van der Waals surface area (Å²) in [6.45, 7) is 1.84. The van der Waals surface area contributed by atoms with Crippen molar-refractivity contribution < 1.29 is 23.4 Å². The molecule has 1 saturated heterocycles. The molecule has 0 radical (unpaired) electrons. The van der Waals surface area contributed by atoms with Gasteiger partial charge in [-0.25, -0.2) is 4.39 Å². The molecule has 0 saturated carbocycles. The molecule has 0 atom stereocenters. The Morgan fingerprint density at radius 2 is 1.96 bits per heavy atom. The van der Waals surface area contributed by atoms with Gasteiger partial charge in [0.15, 0.2) is 23.1 Å². The molecule has 0 unspecified atom stereocenters. The second-order valence-electron chi connectivity index (χ2n) is 6.02. The molecule has 2 aliphatic rings. The van der Waals surface area contributed by atoms with Crippen LogP contribution in [0.5, 0.6) is 11.5 Å². The highest BCUT2D eigenvalue weighted by atomic mass is 19.1. The Kier molecular flexibility index (Phi) is 4.04. The molecule has 3 heterocycles. The molecule has 25 heavy (non-hydrogen) atoms. The van der Waals surface area contributed by atoms with E-state index in [0.717, 1.165) is 4.68 Å². The zero-order chi connectivity index (χ0) is 17.4. The minimum absolute atomic E-state index is 0.102. The molecule has 2 aromatic rings. The number of anilines is 1. The van der Waals surface area contributed by atoms with Crippen LogP contribution in [0.15, 0.2) is 18.2 Å². The molecular weight excluding hydrogens is 329 g/mol. The average Bonchev–Trinajstić information content (AvgIpc) is 2.96. The predicted octanol–water partition coefficient (Wildman–Crippen LogP) is 1.96. The van der Waals surface area contributed by atoms with Gasteiger partial charge in [0.1, 0.15) is 18.9 Å². The van der Waals surface area contributed by atoms with Crippen molar-refractivity contribution in [2.24, 2.45) is 0 Å². The van der Waals surface area contributed by atoms with Gasteiger partial charge in [0.25, 0.3) is 5.91 Å². The van der Waals surface area contributed by atoms with Crippen LogP contribution in [-0.2, 0) is 4.74 Å². The molecule has 2 N–H and O–H groups in total. The summed E-state index contributed by atoms with van der Waals surface area (Å²) in [5.74, 6) is -0.760. The largest absolute Gasteiger partial charge is 0.486 e. The van der Waals surface area contributed by atoms with Gasteiger partial charge in [0, 0.05) is 19.1 Å². The third-order valence-corrected chi connectivity index (χ3v) is 4.48. The Morgan fingerprint density at radius 1 is 1.20 bits per heavy atom. The summed E-state index contributed by atoms with van der Waals surface area (Å²) in [6.07, 6.45) is 1.30. The molecule has 0 amide bonds. The lowest BCUT2D eigenvalue weighted by Crippen LogP contribution is -2.22. The van der Waals surface area contributed by atoms with Crippen LogP contribution in [0.1, 0.15) is 34.8 Å². The maximum Gasteiger partial charge on any atom is 0.284 e. The summed E-state index contributed by atoms with van der Waals surface area (Å²) in [5.41, 5.74) is 6.29. The first-order chi connectivity index (χ1) is 12.2. The Bertz CT molecular complexity index is 814. The summed E-state index contributed by atoms with van der Waals surface area (Å²) in [5, 5.41) is 4.17. The number of carbonyl (C=O) groups is 1. The number of aromatic nitrogens is 2. The van der Waals surface area contributed by atoms with Crippen LogP contribution in [0.25, 0.3) is 0 Å². The summed E-state index contributed by atoms with van der Waals surface area (Å²) < 4.78 is 31.8. The van der Waals surface area contributed by atoms with Crippen molar-refractivity contribution in [3.8, 4) is 11.5 Å². The lowest BCUT2D eigenvalue weighted by Gasteiger charge is -2.20. The van der Waals surface area contributed by atoms with Crippen molar-refractivity contribution in [3.05, 3.63) is 35.3 Å². The predicted molar refractivity (Wildman–Crippen MR) is 86.6 cm³/mol. The van der Waals surface area contributed by atoms with Crippen molar-refractivity contribution in [1.82, 2.24) is 9.78 Å². The number of hydrogen-bond donors (Lipinski definition) is 1. The van der Waals surface area contributed by atoms with Gasteiger partial charge in [-0.3, -0.25) is 4.79 Å². The van der Waals surface area contributed by atoms with Crippen molar-refractivity contribution in [2.75, 3.05) is 32.2 Å². The molecule has 7 nitrogen and oxygen atoms in total. The molecule has 1 fully saturated rings. The molecule has 2 aliphatic heterocycles. The average molecular weight is 347 g/mol. The Hall–Kier alpha value is -2.61. The van der Waals surface area contributed by atoms with Gasteiger partial charge in [0.05, 0.1) is 5.56 Å². The van der Waals surface area contributed by atoms with E-state index in [1.165, 1.54) is 0 Å². The standard InChI is InChI=1S/C17H18FN3O4/c18-13-14(10-4-6-23-7-5-10)20-21(16(13)19)17(22)11-2-1-3-12-15(11)25-9-8-24-12/h1-3,10H,4-9,19H2. The van der Waals surface area contributed by atoms with Crippen molar-refractivity contribution in [2.45, 2.75) is 18.8 Å². The highest BCUT2D eigenvalue weighted by Gasteiger charge is 2.29. The first-order valence-electron chi connectivity index (χ1n) is 8.21. The van der Waals surface area contributed by atoms with Crippen molar-refractivity contribution >= 4 is 11.7 Å². The molecule has 8 heteroatoms. The van der Waals surface area contributed by atoms with E-state index in [9.17, 15) is 9.18 Å². The number of halogens is 1. The minimum atomic E-state index is -0.637. The fourth-order valence-corrected chi connectivity index (χ4v) is 3.17. The maximum absolute atomic E-state index is 14.6. The van der Waals surface area contributed by atoms with Crippen LogP contribution in [0, 0.1) is 5.82 Å². The molecule has 0 bridgehead atoms.